The summed E-state index contributed by atoms with van der Waals surface area (Å²) in [5, 5.41) is 12.8. The van der Waals surface area contributed by atoms with Gasteiger partial charge in [0, 0.05) is 30.4 Å². The molecule has 0 fully saturated rings. The fourth-order valence-electron chi connectivity index (χ4n) is 2.78. The molecular weight excluding hydrogens is 376 g/mol. The molecule has 0 aliphatic rings. The lowest BCUT2D eigenvalue weighted by Gasteiger charge is -2.05. The number of amides is 1. The summed E-state index contributed by atoms with van der Waals surface area (Å²) >= 11 is 3.03. The van der Waals surface area contributed by atoms with Crippen molar-refractivity contribution in [2.75, 3.05) is 5.32 Å². The van der Waals surface area contributed by atoms with Crippen molar-refractivity contribution >= 4 is 45.0 Å². The molecule has 0 atom stereocenters. The molecule has 2 aromatic carbocycles. The number of thioether (sulfide) groups is 1. The number of para-hydroxylation sites is 1. The van der Waals surface area contributed by atoms with Crippen LogP contribution in [-0.2, 0) is 17.1 Å². The average molecular weight is 395 g/mol. The summed E-state index contributed by atoms with van der Waals surface area (Å²) in [6.45, 7) is 0.633. The van der Waals surface area contributed by atoms with Gasteiger partial charge in [0.25, 0.3) is 0 Å². The first-order valence-electron chi connectivity index (χ1n) is 8.62. The standard InChI is InChI=1S/C20H18N4OS2/c25-18(11-13-24-12-10-16-8-4-5-9-17(16)24)21-19-22-23-20(27-19)26-14-15-6-2-1-3-7-15/h1-10,12H,11,13-14H2,(H,21,22,25). The van der Waals surface area contributed by atoms with E-state index in [1.165, 1.54) is 22.3 Å². The summed E-state index contributed by atoms with van der Waals surface area (Å²) in [6.07, 6.45) is 2.41. The number of anilines is 1. The quantitative estimate of drug-likeness (QED) is 0.361. The Balaban J connectivity index is 1.29. The van der Waals surface area contributed by atoms with Crippen molar-refractivity contribution in [3.63, 3.8) is 0 Å². The zero-order chi connectivity index (χ0) is 18.5. The molecule has 0 aliphatic carbocycles. The van der Waals surface area contributed by atoms with Crippen LogP contribution in [0.15, 0.2) is 71.2 Å². The van der Waals surface area contributed by atoms with Crippen molar-refractivity contribution in [3.8, 4) is 0 Å². The van der Waals surface area contributed by atoms with Crippen LogP contribution < -0.4 is 5.32 Å². The van der Waals surface area contributed by atoms with Crippen molar-refractivity contribution < 1.29 is 4.79 Å². The second kappa shape index (κ2) is 8.37. The predicted octanol–water partition coefficient (Wildman–Crippen LogP) is 4.81. The van der Waals surface area contributed by atoms with Gasteiger partial charge >= 0.3 is 0 Å². The van der Waals surface area contributed by atoms with Crippen LogP contribution >= 0.6 is 23.1 Å². The van der Waals surface area contributed by atoms with Gasteiger partial charge in [0.1, 0.15) is 0 Å². The lowest BCUT2D eigenvalue weighted by Crippen LogP contribution is -2.14. The van der Waals surface area contributed by atoms with Crippen LogP contribution in [0.4, 0.5) is 5.13 Å². The Bertz CT molecular complexity index is 1040. The van der Waals surface area contributed by atoms with Gasteiger partial charge in [0.2, 0.25) is 11.0 Å². The Labute approximate surface area is 165 Å². The van der Waals surface area contributed by atoms with Gasteiger partial charge in [-0.25, -0.2) is 0 Å². The molecule has 0 saturated carbocycles. The maximum absolute atomic E-state index is 12.2. The summed E-state index contributed by atoms with van der Waals surface area (Å²) < 4.78 is 2.95. The fraction of sp³-hybridized carbons (Fsp3) is 0.150. The van der Waals surface area contributed by atoms with E-state index in [2.05, 4.69) is 50.4 Å². The minimum atomic E-state index is -0.0523. The zero-order valence-corrected chi connectivity index (χ0v) is 16.2. The summed E-state index contributed by atoms with van der Waals surface area (Å²) in [5.74, 6) is 0.785. The number of aromatic nitrogens is 3. The van der Waals surface area contributed by atoms with Crippen molar-refractivity contribution in [1.82, 2.24) is 14.8 Å². The predicted molar refractivity (Wildman–Crippen MR) is 111 cm³/mol. The lowest BCUT2D eigenvalue weighted by atomic mass is 10.2. The highest BCUT2D eigenvalue weighted by molar-refractivity contribution is 8.00. The molecule has 4 rings (SSSR count). The summed E-state index contributed by atoms with van der Waals surface area (Å²) in [6, 6.07) is 20.4. The molecule has 0 unspecified atom stereocenters. The molecule has 0 saturated heterocycles. The third-order valence-corrected chi connectivity index (χ3v) is 6.16. The van der Waals surface area contributed by atoms with Gasteiger partial charge in [0.15, 0.2) is 4.34 Å². The third kappa shape index (κ3) is 4.56. The summed E-state index contributed by atoms with van der Waals surface area (Å²) in [4.78, 5) is 12.2. The van der Waals surface area contributed by atoms with Crippen molar-refractivity contribution in [2.24, 2.45) is 0 Å². The fourth-order valence-corrected chi connectivity index (χ4v) is 4.50. The molecule has 0 radical (unpaired) electrons. The largest absolute Gasteiger partial charge is 0.347 e. The summed E-state index contributed by atoms with van der Waals surface area (Å²) in [7, 11) is 0. The Morgan fingerprint density at radius 3 is 2.74 bits per heavy atom. The smallest absolute Gasteiger partial charge is 0.227 e. The van der Waals surface area contributed by atoms with Crippen LogP contribution in [-0.4, -0.2) is 20.7 Å². The monoisotopic (exact) mass is 394 g/mol. The summed E-state index contributed by atoms with van der Waals surface area (Å²) in [5.41, 5.74) is 2.38. The van der Waals surface area contributed by atoms with E-state index in [9.17, 15) is 4.79 Å². The van der Waals surface area contributed by atoms with Crippen LogP contribution in [0.5, 0.6) is 0 Å². The van der Waals surface area contributed by atoms with Gasteiger partial charge in [-0.2, -0.15) is 0 Å². The van der Waals surface area contributed by atoms with E-state index >= 15 is 0 Å². The molecular formula is C20H18N4OS2. The minimum absolute atomic E-state index is 0.0523. The third-order valence-electron chi connectivity index (χ3n) is 4.12. The molecule has 5 nitrogen and oxygen atoms in total. The van der Waals surface area contributed by atoms with Gasteiger partial charge in [-0.1, -0.05) is 71.6 Å². The molecule has 136 valence electrons. The lowest BCUT2D eigenvalue weighted by molar-refractivity contribution is -0.116. The Morgan fingerprint density at radius 2 is 1.85 bits per heavy atom. The maximum Gasteiger partial charge on any atom is 0.227 e. The number of carbonyl (C=O) groups excluding carboxylic acids is 1. The number of rotatable bonds is 7. The Kier molecular flexibility index (Phi) is 5.50. The zero-order valence-electron chi connectivity index (χ0n) is 14.5. The van der Waals surface area contributed by atoms with Crippen LogP contribution in [0.2, 0.25) is 0 Å². The maximum atomic E-state index is 12.2. The number of carbonyl (C=O) groups is 1. The SMILES string of the molecule is O=C(CCn1ccc2ccccc21)Nc1nnc(SCc2ccccc2)s1. The molecule has 1 N–H and O–H groups in total. The highest BCUT2D eigenvalue weighted by Crippen LogP contribution is 2.28. The van der Waals surface area contributed by atoms with Crippen LogP contribution in [0, 0.1) is 0 Å². The van der Waals surface area contributed by atoms with E-state index in [4.69, 9.17) is 0 Å². The van der Waals surface area contributed by atoms with Crippen molar-refractivity contribution in [3.05, 3.63) is 72.4 Å². The first kappa shape index (κ1) is 17.8. The van der Waals surface area contributed by atoms with Crippen molar-refractivity contribution in [2.45, 2.75) is 23.1 Å². The first-order chi connectivity index (χ1) is 13.3. The molecule has 7 heteroatoms. The van der Waals surface area contributed by atoms with E-state index in [0.717, 1.165) is 15.6 Å². The molecule has 0 aliphatic heterocycles. The molecule has 0 spiro atoms. The molecule has 27 heavy (non-hydrogen) atoms. The Hall–Kier alpha value is -2.64. The molecule has 2 heterocycles. The Morgan fingerprint density at radius 1 is 1.04 bits per heavy atom. The molecule has 0 bridgehead atoms. The van der Waals surface area contributed by atoms with Gasteiger partial charge in [0.05, 0.1) is 0 Å². The second-order valence-corrected chi connectivity index (χ2v) is 8.21. The van der Waals surface area contributed by atoms with E-state index < -0.39 is 0 Å². The minimum Gasteiger partial charge on any atom is -0.347 e. The second-order valence-electron chi connectivity index (χ2n) is 6.01. The highest BCUT2D eigenvalue weighted by atomic mass is 32.2. The van der Waals surface area contributed by atoms with E-state index in [-0.39, 0.29) is 5.91 Å². The first-order valence-corrected chi connectivity index (χ1v) is 10.4. The van der Waals surface area contributed by atoms with Crippen LogP contribution in [0.1, 0.15) is 12.0 Å². The normalized spacial score (nSPS) is 11.0. The van der Waals surface area contributed by atoms with E-state index in [0.29, 0.717) is 18.1 Å². The average Bonchev–Trinajstić information content (AvgIpc) is 3.32. The number of hydrogen-bond acceptors (Lipinski definition) is 5. The van der Waals surface area contributed by atoms with Gasteiger partial charge in [-0.05, 0) is 23.1 Å². The highest BCUT2D eigenvalue weighted by Gasteiger charge is 2.10. The number of aryl methyl sites for hydroxylation is 1. The number of nitrogens with zero attached hydrogens (tertiary/aromatic N) is 3. The van der Waals surface area contributed by atoms with Gasteiger partial charge < -0.3 is 9.88 Å². The molecule has 1 amide bonds. The van der Waals surface area contributed by atoms with E-state index in [1.807, 2.05) is 36.5 Å². The van der Waals surface area contributed by atoms with Gasteiger partial charge in [-0.15, -0.1) is 10.2 Å². The van der Waals surface area contributed by atoms with Crippen molar-refractivity contribution in [1.29, 1.82) is 0 Å². The number of nitrogens with one attached hydrogen (secondary N) is 1. The number of benzene rings is 2. The number of fused-ring (bicyclic) bond motifs is 1. The molecule has 4 aromatic rings. The van der Waals surface area contributed by atoms with Crippen LogP contribution in [0.3, 0.4) is 0 Å². The van der Waals surface area contributed by atoms with Gasteiger partial charge in [-0.3, -0.25) is 4.79 Å². The molecule has 2 aromatic heterocycles. The number of hydrogen-bond donors (Lipinski definition) is 1. The van der Waals surface area contributed by atoms with Crippen LogP contribution in [0.25, 0.3) is 10.9 Å². The van der Waals surface area contributed by atoms with E-state index in [1.54, 1.807) is 11.8 Å². The topological polar surface area (TPSA) is 59.8 Å².